The van der Waals surface area contributed by atoms with Gasteiger partial charge in [0.2, 0.25) is 0 Å². The third-order valence-corrected chi connectivity index (χ3v) is 4.62. The molecule has 6 heteroatoms. The molecule has 1 aromatic heterocycles. The largest absolute Gasteiger partial charge is 0.477 e. The van der Waals surface area contributed by atoms with Crippen molar-refractivity contribution in [1.82, 2.24) is 5.32 Å². The Balaban J connectivity index is 2.08. The molecule has 2 heterocycles. The highest BCUT2D eigenvalue weighted by Gasteiger charge is 2.32. The first-order chi connectivity index (χ1) is 9.06. The fourth-order valence-corrected chi connectivity index (χ4v) is 2.95. The highest BCUT2D eigenvalue weighted by atomic mass is 32.1. The Kier molecular flexibility index (Phi) is 4.21. The molecule has 0 aromatic carbocycles. The second-order valence-corrected chi connectivity index (χ2v) is 5.75. The van der Waals surface area contributed by atoms with Crippen molar-refractivity contribution in [3.05, 3.63) is 21.9 Å². The molecule has 2 rings (SSSR count). The van der Waals surface area contributed by atoms with Crippen LogP contribution in [0.3, 0.4) is 0 Å². The van der Waals surface area contributed by atoms with Crippen molar-refractivity contribution >= 4 is 23.2 Å². The molecule has 0 radical (unpaired) electrons. The molecule has 19 heavy (non-hydrogen) atoms. The van der Waals surface area contributed by atoms with Gasteiger partial charge in [0.15, 0.2) is 0 Å². The van der Waals surface area contributed by atoms with Crippen molar-refractivity contribution in [3.8, 4) is 0 Å². The van der Waals surface area contributed by atoms with Crippen molar-refractivity contribution in [3.63, 3.8) is 0 Å². The lowest BCUT2D eigenvalue weighted by Crippen LogP contribution is -2.51. The number of nitrogens with one attached hydrogen (secondary N) is 1. The lowest BCUT2D eigenvalue weighted by molar-refractivity contribution is 0.0346. The van der Waals surface area contributed by atoms with E-state index in [9.17, 15) is 9.59 Å². The number of rotatable bonds is 4. The summed E-state index contributed by atoms with van der Waals surface area (Å²) < 4.78 is 5.32. The van der Waals surface area contributed by atoms with Crippen LogP contribution in [0.5, 0.6) is 0 Å². The Morgan fingerprint density at radius 2 is 2.00 bits per heavy atom. The fourth-order valence-electron chi connectivity index (χ4n) is 2.21. The molecule has 1 aromatic rings. The number of carbonyl (C=O) groups is 2. The van der Waals surface area contributed by atoms with E-state index in [0.717, 1.165) is 30.6 Å². The SMILES string of the molecule is CCC1(NC(=O)c2ccc(C(=O)O)s2)CCOCC1. The van der Waals surface area contributed by atoms with Gasteiger partial charge in [-0.3, -0.25) is 4.79 Å². The molecule has 1 aliphatic heterocycles. The maximum absolute atomic E-state index is 12.2. The highest BCUT2D eigenvalue weighted by molar-refractivity contribution is 7.15. The van der Waals surface area contributed by atoms with Crippen molar-refractivity contribution in [2.24, 2.45) is 0 Å². The van der Waals surface area contributed by atoms with Crippen LogP contribution >= 0.6 is 11.3 Å². The van der Waals surface area contributed by atoms with Gasteiger partial charge in [-0.05, 0) is 31.4 Å². The summed E-state index contributed by atoms with van der Waals surface area (Å²) in [7, 11) is 0. The van der Waals surface area contributed by atoms with E-state index in [2.05, 4.69) is 5.32 Å². The summed E-state index contributed by atoms with van der Waals surface area (Å²) in [5, 5.41) is 11.9. The summed E-state index contributed by atoms with van der Waals surface area (Å²) >= 11 is 1.00. The first-order valence-corrected chi connectivity index (χ1v) is 7.11. The van der Waals surface area contributed by atoms with Crippen LogP contribution in [-0.4, -0.2) is 35.7 Å². The molecule has 2 N–H and O–H groups in total. The van der Waals surface area contributed by atoms with Gasteiger partial charge in [0, 0.05) is 18.8 Å². The smallest absolute Gasteiger partial charge is 0.345 e. The van der Waals surface area contributed by atoms with Crippen LogP contribution in [0.4, 0.5) is 0 Å². The van der Waals surface area contributed by atoms with E-state index in [-0.39, 0.29) is 16.3 Å². The quantitative estimate of drug-likeness (QED) is 0.887. The van der Waals surface area contributed by atoms with Crippen LogP contribution in [0.1, 0.15) is 45.5 Å². The molecule has 5 nitrogen and oxygen atoms in total. The topological polar surface area (TPSA) is 75.6 Å². The van der Waals surface area contributed by atoms with Gasteiger partial charge >= 0.3 is 5.97 Å². The molecule has 1 saturated heterocycles. The summed E-state index contributed by atoms with van der Waals surface area (Å²) in [5.74, 6) is -1.19. The molecule has 0 aliphatic carbocycles. The van der Waals surface area contributed by atoms with E-state index in [1.807, 2.05) is 6.92 Å². The summed E-state index contributed by atoms with van der Waals surface area (Å²) in [5.41, 5.74) is -0.220. The number of carboxylic acids is 1. The lowest BCUT2D eigenvalue weighted by atomic mass is 9.87. The average molecular weight is 283 g/mol. The maximum Gasteiger partial charge on any atom is 0.345 e. The molecule has 1 amide bonds. The van der Waals surface area contributed by atoms with Gasteiger partial charge in [0.1, 0.15) is 4.88 Å². The molecule has 1 aliphatic rings. The first-order valence-electron chi connectivity index (χ1n) is 6.30. The monoisotopic (exact) mass is 283 g/mol. The number of ether oxygens (including phenoxy) is 1. The van der Waals surface area contributed by atoms with Crippen LogP contribution in [0, 0.1) is 0 Å². The minimum Gasteiger partial charge on any atom is -0.477 e. The Morgan fingerprint density at radius 1 is 1.37 bits per heavy atom. The number of hydrogen-bond donors (Lipinski definition) is 2. The molecule has 0 unspecified atom stereocenters. The molecule has 0 spiro atoms. The number of carbonyl (C=O) groups excluding carboxylic acids is 1. The van der Waals surface area contributed by atoms with Crippen LogP contribution in [0.15, 0.2) is 12.1 Å². The normalized spacial score (nSPS) is 17.9. The van der Waals surface area contributed by atoms with Crippen molar-refractivity contribution in [2.45, 2.75) is 31.7 Å². The third kappa shape index (κ3) is 3.13. The van der Waals surface area contributed by atoms with Gasteiger partial charge in [0.25, 0.3) is 5.91 Å². The van der Waals surface area contributed by atoms with Gasteiger partial charge in [-0.2, -0.15) is 0 Å². The zero-order valence-corrected chi connectivity index (χ0v) is 11.6. The number of aromatic carboxylic acids is 1. The molecule has 1 fully saturated rings. The molecule has 104 valence electrons. The summed E-state index contributed by atoms with van der Waals surface area (Å²) in [6.45, 7) is 3.35. The Morgan fingerprint density at radius 3 is 2.53 bits per heavy atom. The van der Waals surface area contributed by atoms with Gasteiger partial charge < -0.3 is 15.2 Å². The number of thiophene rings is 1. The minimum absolute atomic E-state index is 0.183. The second kappa shape index (κ2) is 5.71. The van der Waals surface area contributed by atoms with Crippen molar-refractivity contribution < 1.29 is 19.4 Å². The van der Waals surface area contributed by atoms with E-state index in [1.54, 1.807) is 6.07 Å². The highest BCUT2D eigenvalue weighted by Crippen LogP contribution is 2.25. The lowest BCUT2D eigenvalue weighted by Gasteiger charge is -2.37. The number of hydrogen-bond acceptors (Lipinski definition) is 4. The zero-order chi connectivity index (χ0) is 13.9. The second-order valence-electron chi connectivity index (χ2n) is 4.67. The summed E-state index contributed by atoms with van der Waals surface area (Å²) in [6.07, 6.45) is 2.44. The van der Waals surface area contributed by atoms with Gasteiger partial charge in [0.05, 0.1) is 4.88 Å². The minimum atomic E-state index is -1.000. The first kappa shape index (κ1) is 14.0. The van der Waals surface area contributed by atoms with Gasteiger partial charge in [-0.25, -0.2) is 4.79 Å². The molecular weight excluding hydrogens is 266 g/mol. The maximum atomic E-state index is 12.2. The molecule has 0 bridgehead atoms. The molecule has 0 saturated carbocycles. The van der Waals surface area contributed by atoms with E-state index < -0.39 is 5.97 Å². The Labute approximate surface area is 115 Å². The molecule has 0 atom stereocenters. The predicted octanol–water partition coefficient (Wildman–Crippen LogP) is 2.14. The molecular formula is C13H17NO4S. The fraction of sp³-hybridized carbons (Fsp3) is 0.538. The standard InChI is InChI=1S/C13H17NO4S/c1-2-13(5-7-18-8-6-13)14-11(15)9-3-4-10(19-9)12(16)17/h3-4H,2,5-8H2,1H3,(H,14,15)(H,16,17). The van der Waals surface area contributed by atoms with Crippen LogP contribution in [-0.2, 0) is 4.74 Å². The van der Waals surface area contributed by atoms with E-state index in [4.69, 9.17) is 9.84 Å². The number of carboxylic acid groups (broad SMARTS) is 1. The zero-order valence-electron chi connectivity index (χ0n) is 10.8. The Bertz CT molecular complexity index is 477. The van der Waals surface area contributed by atoms with E-state index in [1.165, 1.54) is 6.07 Å². The summed E-state index contributed by atoms with van der Waals surface area (Å²) in [6, 6.07) is 3.02. The van der Waals surface area contributed by atoms with Crippen molar-refractivity contribution in [2.75, 3.05) is 13.2 Å². The number of amides is 1. The third-order valence-electron chi connectivity index (χ3n) is 3.55. The average Bonchev–Trinajstić information content (AvgIpc) is 2.89. The summed E-state index contributed by atoms with van der Waals surface area (Å²) in [4.78, 5) is 23.6. The van der Waals surface area contributed by atoms with Gasteiger partial charge in [-0.15, -0.1) is 11.3 Å². The van der Waals surface area contributed by atoms with Crippen LogP contribution in [0.25, 0.3) is 0 Å². The van der Waals surface area contributed by atoms with Crippen LogP contribution in [0.2, 0.25) is 0 Å². The van der Waals surface area contributed by atoms with E-state index in [0.29, 0.717) is 18.1 Å². The van der Waals surface area contributed by atoms with Gasteiger partial charge in [-0.1, -0.05) is 6.92 Å². The van der Waals surface area contributed by atoms with E-state index >= 15 is 0 Å². The Hall–Kier alpha value is -1.40. The van der Waals surface area contributed by atoms with Crippen LogP contribution < -0.4 is 5.32 Å². The predicted molar refractivity (Wildman–Crippen MR) is 71.8 cm³/mol. The van der Waals surface area contributed by atoms with Crippen molar-refractivity contribution in [1.29, 1.82) is 0 Å².